The fraction of sp³-hybridized carbons (Fsp3) is 0.366. The Morgan fingerprint density at radius 3 is 0.654 bits per heavy atom. The van der Waals surface area contributed by atoms with E-state index in [1.165, 1.54) is 0 Å². The molecular weight excluding hydrogens is 1000 g/mol. The minimum Gasteiger partial charge on any atom is -0.493 e. The van der Waals surface area contributed by atoms with Crippen LogP contribution in [0.15, 0.2) is 91.0 Å². The van der Waals surface area contributed by atoms with Gasteiger partial charge in [0, 0.05) is 0 Å². The van der Waals surface area contributed by atoms with Crippen LogP contribution in [0.4, 0.5) is 0 Å². The van der Waals surface area contributed by atoms with Gasteiger partial charge in [-0.15, -0.1) is 0 Å². The van der Waals surface area contributed by atoms with E-state index in [0.717, 1.165) is 38.5 Å². The predicted octanol–water partition coefficient (Wildman–Crippen LogP) is 17.8. The van der Waals surface area contributed by atoms with E-state index in [1.54, 1.807) is 30.4 Å². The molecule has 10 bridgehead atoms. The lowest BCUT2D eigenvalue weighted by Crippen LogP contribution is -2.10. The highest BCUT2D eigenvalue weighted by atomic mass is 16.5. The molecule has 0 N–H and O–H groups in total. The first kappa shape index (κ1) is 61.5. The van der Waals surface area contributed by atoms with Crippen molar-refractivity contribution in [3.05, 3.63) is 147 Å². The van der Waals surface area contributed by atoms with Gasteiger partial charge in [-0.1, -0.05) is 108 Å². The van der Waals surface area contributed by atoms with E-state index >= 15 is 0 Å². The van der Waals surface area contributed by atoms with E-state index in [-0.39, 0.29) is 23.7 Å². The van der Waals surface area contributed by atoms with Crippen molar-refractivity contribution in [1.29, 1.82) is 26.3 Å². The number of hydrogen-bond donors (Lipinski definition) is 0. The molecule has 0 saturated carbocycles. The number of nitriles is 5. The number of benzene rings is 5. The first-order valence-electron chi connectivity index (χ1n) is 28.7. The molecule has 5 aromatic carbocycles. The van der Waals surface area contributed by atoms with Gasteiger partial charge in [0.1, 0.15) is 28.7 Å². The van der Waals surface area contributed by atoms with Crippen LogP contribution < -0.4 is 23.7 Å². The molecule has 1 aliphatic carbocycles. The van der Waals surface area contributed by atoms with Gasteiger partial charge in [-0.2, -0.15) is 26.3 Å². The van der Waals surface area contributed by atoms with Gasteiger partial charge in [0.2, 0.25) is 0 Å². The smallest absolute Gasteiger partial charge is 0.120 e. The summed E-state index contributed by atoms with van der Waals surface area (Å²) in [5, 5.41) is 55.1. The van der Waals surface area contributed by atoms with Crippen molar-refractivity contribution in [2.45, 2.75) is 108 Å². The van der Waals surface area contributed by atoms with Crippen LogP contribution in [0, 0.1) is 86.2 Å². The van der Waals surface area contributed by atoms with E-state index < -0.39 is 0 Å². The van der Waals surface area contributed by atoms with Crippen LogP contribution in [0.5, 0.6) is 28.7 Å². The third-order valence-electron chi connectivity index (χ3n) is 14.9. The van der Waals surface area contributed by atoms with Crippen molar-refractivity contribution >= 4 is 58.2 Å². The molecule has 0 aromatic heterocycles. The number of nitrogens with zero attached hydrogens (tertiary/aromatic N) is 5. The Kier molecular flexibility index (Phi) is 23.2. The molecule has 0 spiro atoms. The third-order valence-corrected chi connectivity index (χ3v) is 14.9. The summed E-state index contributed by atoms with van der Waals surface area (Å²) in [5.74, 6) is 3.95. The highest BCUT2D eigenvalue weighted by Gasteiger charge is 2.17. The highest BCUT2D eigenvalue weighted by Crippen LogP contribution is 2.36. The molecule has 4 atom stereocenters. The zero-order chi connectivity index (χ0) is 58.4. The largest absolute Gasteiger partial charge is 0.493 e. The van der Waals surface area contributed by atoms with Crippen LogP contribution in [0.25, 0.3) is 58.2 Å². The summed E-state index contributed by atoms with van der Waals surface area (Å²) in [6.45, 7) is 23.4. The fourth-order valence-corrected chi connectivity index (χ4v) is 8.62. The Balaban J connectivity index is 1.73. The van der Waals surface area contributed by atoms with E-state index in [2.05, 4.69) is 99.6 Å². The SMILES string of the molecule is CCC(CC)COc1cc2cc(c1)/C(C#N)=C/c1cc(OC[C@@H](C)CC)cc(c1)/C(C#N)=C/c1cc(OC[C@@H](C)CC)cc(c1)/C(C#N)=C/c1cc(OC[C@@H](C)CC)cc(c1)/C(C#N)=C/c1cc(OC[C@@H](C)CC)cc(c1)C(C#N)=C2. The molecule has 5 aromatic rings. The van der Waals surface area contributed by atoms with Crippen LogP contribution in [0.2, 0.25) is 0 Å². The lowest BCUT2D eigenvalue weighted by Gasteiger charge is -2.16. The normalized spacial score (nSPS) is 16.4. The number of fused-ring (bicyclic) bond motifs is 10. The second-order valence-electron chi connectivity index (χ2n) is 21.6. The van der Waals surface area contributed by atoms with E-state index in [4.69, 9.17) is 23.7 Å². The van der Waals surface area contributed by atoms with Gasteiger partial charge >= 0.3 is 0 Å². The fourth-order valence-electron chi connectivity index (χ4n) is 8.62. The molecule has 0 saturated heterocycles. The van der Waals surface area contributed by atoms with Gasteiger partial charge in [-0.25, -0.2) is 0 Å². The van der Waals surface area contributed by atoms with Gasteiger partial charge in [0.05, 0.1) is 91.2 Å². The molecule has 0 aliphatic heterocycles. The van der Waals surface area contributed by atoms with Crippen molar-refractivity contribution in [3.8, 4) is 59.1 Å². The van der Waals surface area contributed by atoms with E-state index in [0.29, 0.717) is 151 Å². The van der Waals surface area contributed by atoms with Crippen LogP contribution in [0.1, 0.15) is 163 Å². The average molecular weight is 1080 g/mol. The number of hydrogen-bond acceptors (Lipinski definition) is 10. The third kappa shape index (κ3) is 17.9. The van der Waals surface area contributed by atoms with Gasteiger partial charge in [0.25, 0.3) is 0 Å². The molecular formula is C71H77N5O5. The van der Waals surface area contributed by atoms with Crippen LogP contribution >= 0.6 is 0 Å². The van der Waals surface area contributed by atoms with Crippen molar-refractivity contribution in [1.82, 2.24) is 0 Å². The molecule has 10 heteroatoms. The quantitative estimate of drug-likeness (QED) is 0.0690. The molecule has 10 nitrogen and oxygen atoms in total. The second kappa shape index (κ2) is 30.6. The standard InChI is InChI=1S/C71H77N5O5/c1-11-47(7)42-77-67-27-52-17-58(33-67)63(38-73)24-54-19-60(35-69(29-54)79-44-49(9)13-3)65(40-75)26-56-21-61(36-71(31-56)81-46-51(15-5)16-6)66(41-76)25-55-20-59(34-70(30-55)80-45-50(10)14-4)64(39-74)23-53-18-57(62(22-52)37-72)32-68(28-53)78-43-48(8)12-2/h17-36,47-51H,11-16,42-46H2,1-10H3/b62-22+,63-24+,64-23+,65-26?,66-25+/t47-,48-,49-,50-/m0/s1. The number of allylic oxidation sites excluding steroid dienone is 5. The van der Waals surface area contributed by atoms with Gasteiger partial charge in [0.15, 0.2) is 0 Å². The van der Waals surface area contributed by atoms with Crippen molar-refractivity contribution in [2.75, 3.05) is 33.0 Å². The number of ether oxygens (including phenoxy) is 5. The Labute approximate surface area is 482 Å². The first-order chi connectivity index (χ1) is 39.2. The lowest BCUT2D eigenvalue weighted by molar-refractivity contribution is 0.240. The van der Waals surface area contributed by atoms with E-state index in [9.17, 15) is 26.3 Å². The zero-order valence-electron chi connectivity index (χ0n) is 49.0. The minimum atomic E-state index is 0.251. The summed E-state index contributed by atoms with van der Waals surface area (Å²) in [6.07, 6.45) is 14.3. The maximum Gasteiger partial charge on any atom is 0.120 e. The first-order valence-corrected chi connectivity index (χ1v) is 28.7. The molecule has 1 aliphatic rings. The topological polar surface area (TPSA) is 165 Å². The summed E-state index contributed by atoms with van der Waals surface area (Å²) in [6, 6.07) is 40.0. The molecule has 0 radical (unpaired) electrons. The van der Waals surface area contributed by atoms with Crippen LogP contribution in [-0.2, 0) is 0 Å². The van der Waals surface area contributed by atoms with Crippen LogP contribution in [0.3, 0.4) is 0 Å². The molecule has 416 valence electrons. The summed E-state index contributed by atoms with van der Waals surface area (Å²) in [5.41, 5.74) is 7.44. The maximum atomic E-state index is 11.0. The monoisotopic (exact) mass is 1080 g/mol. The molecule has 0 unspecified atom stereocenters. The van der Waals surface area contributed by atoms with Crippen molar-refractivity contribution in [2.24, 2.45) is 29.6 Å². The molecule has 0 fully saturated rings. The summed E-state index contributed by atoms with van der Waals surface area (Å²) >= 11 is 0. The van der Waals surface area contributed by atoms with Crippen LogP contribution in [-0.4, -0.2) is 33.0 Å². The van der Waals surface area contributed by atoms with E-state index in [1.807, 2.05) is 91.0 Å². The average Bonchev–Trinajstić information content (AvgIpc) is 3.49. The Hall–Kier alpha value is -8.75. The second-order valence-corrected chi connectivity index (χ2v) is 21.6. The minimum absolute atomic E-state index is 0.251. The molecule has 0 heterocycles. The summed E-state index contributed by atoms with van der Waals surface area (Å²) in [7, 11) is 0. The van der Waals surface area contributed by atoms with Crippen molar-refractivity contribution < 1.29 is 23.7 Å². The Morgan fingerprint density at radius 1 is 0.284 bits per heavy atom. The maximum absolute atomic E-state index is 11.0. The molecule has 0 amide bonds. The highest BCUT2D eigenvalue weighted by molar-refractivity contribution is 5.98. The Morgan fingerprint density at radius 2 is 0.481 bits per heavy atom. The lowest BCUT2D eigenvalue weighted by atomic mass is 9.96. The predicted molar refractivity (Wildman–Crippen MR) is 329 cm³/mol. The van der Waals surface area contributed by atoms with Gasteiger partial charge in [-0.3, -0.25) is 0 Å². The number of rotatable bonds is 21. The molecule has 81 heavy (non-hydrogen) atoms. The molecule has 6 rings (SSSR count). The Bertz CT molecular complexity index is 3370. The summed E-state index contributed by atoms with van der Waals surface area (Å²) in [4.78, 5) is 0. The van der Waals surface area contributed by atoms with Gasteiger partial charge in [-0.05, 0) is 207 Å². The summed E-state index contributed by atoms with van der Waals surface area (Å²) < 4.78 is 32.2. The zero-order valence-corrected chi connectivity index (χ0v) is 49.0. The van der Waals surface area contributed by atoms with Gasteiger partial charge < -0.3 is 23.7 Å². The van der Waals surface area contributed by atoms with Crippen molar-refractivity contribution in [3.63, 3.8) is 0 Å².